The van der Waals surface area contributed by atoms with Crippen LogP contribution in [0.2, 0.25) is 0 Å². The van der Waals surface area contributed by atoms with Gasteiger partial charge in [-0.2, -0.15) is 0 Å². The van der Waals surface area contributed by atoms with Gasteiger partial charge in [-0.05, 0) is 121 Å². The lowest BCUT2D eigenvalue weighted by Crippen LogP contribution is -2.08. The van der Waals surface area contributed by atoms with Crippen LogP contribution in [0.25, 0.3) is 0 Å². The number of hydrogen-bond acceptors (Lipinski definition) is 14. The van der Waals surface area contributed by atoms with Crippen LogP contribution >= 0.6 is 0 Å². The molecule has 79 heavy (non-hydrogen) atoms. The molecule has 0 aliphatic carbocycles. The number of aromatic hydroxyl groups is 2. The van der Waals surface area contributed by atoms with Crippen molar-refractivity contribution in [3.8, 4) is 57.5 Å². The molecule has 2 aliphatic heterocycles. The van der Waals surface area contributed by atoms with Crippen molar-refractivity contribution in [2.45, 2.75) is 104 Å². The van der Waals surface area contributed by atoms with Gasteiger partial charge >= 0.3 is 11.9 Å². The minimum Gasteiger partial charge on any atom is -0.508 e. The van der Waals surface area contributed by atoms with Gasteiger partial charge in [-0.15, -0.1) is 0 Å². The van der Waals surface area contributed by atoms with Crippen LogP contribution in [0, 0.1) is 0 Å². The highest BCUT2D eigenvalue weighted by molar-refractivity contribution is 5.93. The molecule has 6 aromatic rings. The molecule has 2 fully saturated rings. The van der Waals surface area contributed by atoms with E-state index in [4.69, 9.17) is 47.4 Å². The fraction of sp³-hybridized carbons (Fsp3) is 0.406. The van der Waals surface area contributed by atoms with Crippen LogP contribution < -0.4 is 28.4 Å². The molecule has 2 unspecified atom stereocenters. The zero-order valence-electron chi connectivity index (χ0n) is 46.6. The Hall–Kier alpha value is -7.46. The Morgan fingerprint density at radius 2 is 0.861 bits per heavy atom. The standard InChI is InChI=1S/2C32H38O7.H2O/c2*1-4-10-24-28(13-8-14-29(24)39-30-12-7-6-11-25(30)32(34)35-3)37-16-9-17-38-31-20-27(33)26(19-22(31)5-2)23-15-18-36-21-23;/h2*6-8,11-14,19-20,23,33H,4-5,9-10,15-18,21H2,1-3H3;1H2. The topological polar surface area (TPSA) is 198 Å². The van der Waals surface area contributed by atoms with Crippen LogP contribution in [0.4, 0.5) is 0 Å². The van der Waals surface area contributed by atoms with Crippen molar-refractivity contribution < 1.29 is 72.6 Å². The molecule has 15 heteroatoms. The Kier molecular flexibility index (Phi) is 24.0. The molecule has 8 rings (SSSR count). The number of methoxy groups -OCH3 is 2. The summed E-state index contributed by atoms with van der Waals surface area (Å²) in [6.45, 7) is 13.0. The molecule has 2 atom stereocenters. The number of para-hydroxylation sites is 2. The number of phenols is 2. The minimum absolute atomic E-state index is 0. The summed E-state index contributed by atoms with van der Waals surface area (Å²) in [7, 11) is 2.71. The largest absolute Gasteiger partial charge is 0.508 e. The molecule has 2 saturated heterocycles. The molecule has 0 bridgehead atoms. The second-order valence-electron chi connectivity index (χ2n) is 19.1. The third-order valence-electron chi connectivity index (χ3n) is 13.7. The molecule has 0 amide bonds. The number of hydrogen-bond donors (Lipinski definition) is 2. The molecule has 15 nitrogen and oxygen atoms in total. The summed E-state index contributed by atoms with van der Waals surface area (Å²) in [5, 5.41) is 21.2. The molecular weight excluding hydrogens is 1010 g/mol. The summed E-state index contributed by atoms with van der Waals surface area (Å²) in [5.74, 6) is 5.22. The Morgan fingerprint density at radius 1 is 0.494 bits per heavy atom. The molecule has 2 heterocycles. The molecule has 424 valence electrons. The fourth-order valence-corrected chi connectivity index (χ4v) is 9.60. The Morgan fingerprint density at radius 3 is 1.22 bits per heavy atom. The first-order valence-corrected chi connectivity index (χ1v) is 27.4. The van der Waals surface area contributed by atoms with E-state index in [1.807, 2.05) is 48.5 Å². The molecular formula is C64H78O15. The van der Waals surface area contributed by atoms with Crippen LogP contribution in [0.15, 0.2) is 109 Å². The minimum atomic E-state index is -0.447. The third-order valence-corrected chi connectivity index (χ3v) is 13.7. The third kappa shape index (κ3) is 16.3. The lowest BCUT2D eigenvalue weighted by atomic mass is 9.94. The monoisotopic (exact) mass is 1090 g/mol. The second-order valence-corrected chi connectivity index (χ2v) is 19.1. The maximum absolute atomic E-state index is 12.2. The van der Waals surface area contributed by atoms with Gasteiger partial charge in [0.2, 0.25) is 0 Å². The van der Waals surface area contributed by atoms with Crippen LogP contribution in [0.1, 0.15) is 132 Å². The van der Waals surface area contributed by atoms with Crippen LogP contribution in [-0.4, -0.2) is 94.7 Å². The summed E-state index contributed by atoms with van der Waals surface area (Å²) in [4.78, 5) is 24.4. The highest BCUT2D eigenvalue weighted by atomic mass is 16.5. The molecule has 0 saturated carbocycles. The first-order valence-electron chi connectivity index (χ1n) is 27.4. The Balaban J connectivity index is 0.000000252. The quantitative estimate of drug-likeness (QED) is 0.0384. The van der Waals surface area contributed by atoms with Gasteiger partial charge in [-0.3, -0.25) is 0 Å². The average Bonchev–Trinajstić information content (AvgIpc) is 4.24. The summed E-state index contributed by atoms with van der Waals surface area (Å²) < 4.78 is 57.6. The van der Waals surface area contributed by atoms with E-state index in [1.165, 1.54) is 14.2 Å². The van der Waals surface area contributed by atoms with E-state index in [0.29, 0.717) is 98.1 Å². The number of benzene rings is 6. The first-order chi connectivity index (χ1) is 38.1. The van der Waals surface area contributed by atoms with E-state index in [1.54, 1.807) is 48.5 Å². The number of ether oxygens (including phenoxy) is 10. The molecule has 0 spiro atoms. The van der Waals surface area contributed by atoms with Crippen molar-refractivity contribution in [2.24, 2.45) is 0 Å². The average molecular weight is 1090 g/mol. The SMILES string of the molecule is CCCc1c(OCCCOc2cc(O)c(C3CCOC3)cc2CC)cccc1Oc1ccccc1C(=O)OC.CCCc1c(OCCCOc2cc(O)c(C3CCOC3)cc2CC)cccc1Oc1ccccc1C(=O)OC.O. The number of rotatable bonds is 26. The predicted octanol–water partition coefficient (Wildman–Crippen LogP) is 12.9. The van der Waals surface area contributed by atoms with Gasteiger partial charge in [0.1, 0.15) is 68.6 Å². The van der Waals surface area contributed by atoms with E-state index in [-0.39, 0.29) is 28.8 Å². The molecule has 4 N–H and O–H groups in total. The zero-order chi connectivity index (χ0) is 55.2. The van der Waals surface area contributed by atoms with Crippen LogP contribution in [-0.2, 0) is 44.6 Å². The molecule has 0 aromatic heterocycles. The summed E-state index contributed by atoms with van der Waals surface area (Å²) >= 11 is 0. The van der Waals surface area contributed by atoms with Crippen molar-refractivity contribution in [1.82, 2.24) is 0 Å². The second kappa shape index (κ2) is 31.2. The zero-order valence-corrected chi connectivity index (χ0v) is 46.6. The predicted molar refractivity (Wildman–Crippen MR) is 303 cm³/mol. The van der Waals surface area contributed by atoms with E-state index < -0.39 is 11.9 Å². The lowest BCUT2D eigenvalue weighted by molar-refractivity contribution is 0.0588. The first kappa shape index (κ1) is 60.8. The van der Waals surface area contributed by atoms with Gasteiger partial charge in [-0.1, -0.05) is 76.9 Å². The number of esters is 2. The van der Waals surface area contributed by atoms with Crippen LogP contribution in [0.3, 0.4) is 0 Å². The van der Waals surface area contributed by atoms with Gasteiger partial charge in [0.05, 0.1) is 53.9 Å². The number of phenolic OH excluding ortho intramolecular Hbond substituents is 2. The van der Waals surface area contributed by atoms with Crippen molar-refractivity contribution in [1.29, 1.82) is 0 Å². The number of aryl methyl sites for hydroxylation is 2. The highest BCUT2D eigenvalue weighted by Gasteiger charge is 2.25. The summed E-state index contributed by atoms with van der Waals surface area (Å²) in [5.41, 5.74) is 6.69. The van der Waals surface area contributed by atoms with Gasteiger partial charge in [0.15, 0.2) is 0 Å². The maximum Gasteiger partial charge on any atom is 0.341 e. The van der Waals surface area contributed by atoms with Crippen molar-refractivity contribution in [3.05, 3.63) is 154 Å². The number of carbonyl (C=O) groups is 2. The van der Waals surface area contributed by atoms with Gasteiger partial charge in [-0.25, -0.2) is 9.59 Å². The van der Waals surface area contributed by atoms with Crippen molar-refractivity contribution in [3.63, 3.8) is 0 Å². The maximum atomic E-state index is 12.2. The van der Waals surface area contributed by atoms with E-state index in [0.717, 1.165) is 109 Å². The van der Waals surface area contributed by atoms with Crippen molar-refractivity contribution >= 4 is 11.9 Å². The van der Waals surface area contributed by atoms with Gasteiger partial charge < -0.3 is 63.1 Å². The normalized spacial score (nSPS) is 14.5. The van der Waals surface area contributed by atoms with E-state index in [2.05, 4.69) is 39.8 Å². The lowest BCUT2D eigenvalue weighted by Gasteiger charge is -2.18. The molecule has 2 aliphatic rings. The summed E-state index contributed by atoms with van der Waals surface area (Å²) in [6.07, 6.45) is 8.18. The van der Waals surface area contributed by atoms with Gasteiger partial charge in [0.25, 0.3) is 0 Å². The van der Waals surface area contributed by atoms with E-state index in [9.17, 15) is 19.8 Å². The van der Waals surface area contributed by atoms with Gasteiger partial charge in [0, 0.05) is 61.2 Å². The highest BCUT2D eigenvalue weighted by Crippen LogP contribution is 2.40. The number of carbonyl (C=O) groups excluding carboxylic acids is 2. The van der Waals surface area contributed by atoms with Crippen molar-refractivity contribution in [2.75, 3.05) is 67.1 Å². The fourth-order valence-electron chi connectivity index (χ4n) is 9.60. The molecule has 6 aromatic carbocycles. The Labute approximate surface area is 464 Å². The van der Waals surface area contributed by atoms with Crippen LogP contribution in [0.5, 0.6) is 57.5 Å². The molecule has 0 radical (unpaired) electrons. The smallest absolute Gasteiger partial charge is 0.341 e. The summed E-state index contributed by atoms with van der Waals surface area (Å²) in [6, 6.07) is 33.1. The Bertz CT molecular complexity index is 2690. The van der Waals surface area contributed by atoms with E-state index >= 15 is 0 Å².